The van der Waals surface area contributed by atoms with E-state index in [1.807, 2.05) is 37.3 Å². The Labute approximate surface area is 148 Å². The van der Waals surface area contributed by atoms with E-state index in [4.69, 9.17) is 0 Å². The van der Waals surface area contributed by atoms with Gasteiger partial charge in [0.25, 0.3) is 0 Å². The van der Waals surface area contributed by atoms with Crippen molar-refractivity contribution < 1.29 is 4.79 Å². The average Bonchev–Trinajstić information content (AvgIpc) is 3.08. The van der Waals surface area contributed by atoms with E-state index in [2.05, 4.69) is 20.6 Å². The van der Waals surface area contributed by atoms with Crippen LogP contribution in [-0.2, 0) is 4.79 Å². The Morgan fingerprint density at radius 2 is 2.08 bits per heavy atom. The van der Waals surface area contributed by atoms with E-state index in [1.165, 1.54) is 6.42 Å². The fourth-order valence-electron chi connectivity index (χ4n) is 4.24. The first-order chi connectivity index (χ1) is 12.2. The van der Waals surface area contributed by atoms with Crippen LogP contribution in [0.1, 0.15) is 31.4 Å². The highest BCUT2D eigenvalue weighted by Gasteiger charge is 2.49. The summed E-state index contributed by atoms with van der Waals surface area (Å²) in [4.78, 5) is 21.7. The van der Waals surface area contributed by atoms with Crippen molar-refractivity contribution in [2.45, 2.75) is 32.6 Å². The van der Waals surface area contributed by atoms with Crippen LogP contribution in [0.3, 0.4) is 0 Å². The van der Waals surface area contributed by atoms with E-state index in [9.17, 15) is 4.79 Å². The monoisotopic (exact) mass is 336 g/mol. The Morgan fingerprint density at radius 3 is 2.88 bits per heavy atom. The van der Waals surface area contributed by atoms with Crippen LogP contribution in [0.4, 0.5) is 5.69 Å². The number of benzene rings is 1. The highest BCUT2D eigenvalue weighted by atomic mass is 16.2. The molecule has 1 aliphatic carbocycles. The van der Waals surface area contributed by atoms with Gasteiger partial charge >= 0.3 is 0 Å². The molecule has 2 atom stereocenters. The summed E-state index contributed by atoms with van der Waals surface area (Å²) in [5.74, 6) is 1.35. The minimum atomic E-state index is -0.226. The Kier molecular flexibility index (Phi) is 4.25. The molecule has 0 radical (unpaired) electrons. The molecule has 5 nitrogen and oxygen atoms in total. The number of nitrogens with one attached hydrogen (secondary N) is 2. The van der Waals surface area contributed by atoms with E-state index >= 15 is 0 Å². The van der Waals surface area contributed by atoms with Crippen molar-refractivity contribution in [1.82, 2.24) is 15.3 Å². The topological polar surface area (TPSA) is 66.9 Å². The maximum atomic E-state index is 13.0. The maximum absolute atomic E-state index is 13.0. The molecule has 4 rings (SSSR count). The number of aromatic nitrogens is 2. The van der Waals surface area contributed by atoms with Gasteiger partial charge in [0.15, 0.2) is 5.82 Å². The first kappa shape index (κ1) is 16.2. The lowest BCUT2D eigenvalue weighted by Crippen LogP contribution is -2.44. The van der Waals surface area contributed by atoms with Crippen molar-refractivity contribution >= 4 is 11.6 Å². The van der Waals surface area contributed by atoms with Crippen LogP contribution in [0.2, 0.25) is 0 Å². The average molecular weight is 336 g/mol. The summed E-state index contributed by atoms with van der Waals surface area (Å²) in [6.07, 6.45) is 6.31. The number of amides is 1. The zero-order chi connectivity index (χ0) is 17.3. The van der Waals surface area contributed by atoms with Gasteiger partial charge < -0.3 is 10.6 Å². The minimum absolute atomic E-state index is 0.168. The van der Waals surface area contributed by atoms with Crippen LogP contribution < -0.4 is 10.6 Å². The Balaban J connectivity index is 1.50. The number of anilines is 1. The van der Waals surface area contributed by atoms with Crippen molar-refractivity contribution in [1.29, 1.82) is 0 Å². The highest BCUT2D eigenvalue weighted by Crippen LogP contribution is 2.44. The second kappa shape index (κ2) is 6.56. The fraction of sp³-hybridized carbons (Fsp3) is 0.450. The van der Waals surface area contributed by atoms with Gasteiger partial charge in [0.2, 0.25) is 5.91 Å². The van der Waals surface area contributed by atoms with Crippen molar-refractivity contribution in [3.63, 3.8) is 0 Å². The summed E-state index contributed by atoms with van der Waals surface area (Å²) in [5, 5.41) is 6.57. The van der Waals surface area contributed by atoms with Gasteiger partial charge in [0, 0.05) is 29.7 Å². The minimum Gasteiger partial charge on any atom is -0.326 e. The third kappa shape index (κ3) is 3.04. The van der Waals surface area contributed by atoms with Gasteiger partial charge in [-0.15, -0.1) is 0 Å². The lowest BCUT2D eigenvalue weighted by atomic mass is 9.67. The standard InChI is InChI=1S/C20H24N4O/c1-14-9-11-22-18(23-14)15-5-7-17(8-6-15)24-19(25)20-10-3-2-4-16(20)12-21-13-20/h5-9,11,16,21H,2-4,10,12-13H2,1H3,(H,24,25)/t16-,20+/m0/s1. The number of rotatable bonds is 3. The van der Waals surface area contributed by atoms with Crippen LogP contribution in [0, 0.1) is 18.3 Å². The van der Waals surface area contributed by atoms with Crippen LogP contribution in [0.15, 0.2) is 36.5 Å². The maximum Gasteiger partial charge on any atom is 0.232 e. The quantitative estimate of drug-likeness (QED) is 0.903. The lowest BCUT2D eigenvalue weighted by Gasteiger charge is -2.37. The molecular formula is C20H24N4O. The molecule has 2 aromatic rings. The molecular weight excluding hydrogens is 312 g/mol. The number of fused-ring (bicyclic) bond motifs is 1. The Morgan fingerprint density at radius 1 is 1.24 bits per heavy atom. The first-order valence-electron chi connectivity index (χ1n) is 9.10. The smallest absolute Gasteiger partial charge is 0.232 e. The number of hydrogen-bond donors (Lipinski definition) is 2. The zero-order valence-electron chi connectivity index (χ0n) is 14.6. The van der Waals surface area contributed by atoms with Gasteiger partial charge in [-0.1, -0.05) is 12.8 Å². The van der Waals surface area contributed by atoms with Crippen LogP contribution >= 0.6 is 0 Å². The molecule has 1 aliphatic heterocycles. The van der Waals surface area contributed by atoms with Crippen molar-refractivity contribution in [2.24, 2.45) is 11.3 Å². The van der Waals surface area contributed by atoms with Crippen molar-refractivity contribution in [3.8, 4) is 11.4 Å². The summed E-state index contributed by atoms with van der Waals surface area (Å²) in [7, 11) is 0. The predicted octanol–water partition coefficient (Wildman–Crippen LogP) is 3.17. The van der Waals surface area contributed by atoms with Crippen molar-refractivity contribution in [2.75, 3.05) is 18.4 Å². The van der Waals surface area contributed by atoms with E-state index in [0.717, 1.165) is 49.3 Å². The van der Waals surface area contributed by atoms with Gasteiger partial charge in [-0.05, 0) is 62.6 Å². The summed E-state index contributed by atoms with van der Waals surface area (Å²) in [6, 6.07) is 9.69. The third-order valence-corrected chi connectivity index (χ3v) is 5.69. The second-order valence-corrected chi connectivity index (χ2v) is 7.28. The molecule has 2 fully saturated rings. The van der Waals surface area contributed by atoms with Gasteiger partial charge in [-0.2, -0.15) is 0 Å². The molecule has 2 heterocycles. The van der Waals surface area contributed by atoms with Gasteiger partial charge in [0.05, 0.1) is 5.41 Å². The van der Waals surface area contributed by atoms with Crippen LogP contribution in [0.25, 0.3) is 11.4 Å². The molecule has 1 aromatic carbocycles. The van der Waals surface area contributed by atoms with Crippen LogP contribution in [0.5, 0.6) is 0 Å². The lowest BCUT2D eigenvalue weighted by molar-refractivity contribution is -0.128. The molecule has 1 saturated carbocycles. The number of aryl methyl sites for hydroxylation is 1. The molecule has 1 saturated heterocycles. The molecule has 5 heteroatoms. The molecule has 25 heavy (non-hydrogen) atoms. The van der Waals surface area contributed by atoms with Crippen LogP contribution in [-0.4, -0.2) is 29.0 Å². The summed E-state index contributed by atoms with van der Waals surface area (Å²) < 4.78 is 0. The molecule has 1 aromatic heterocycles. The SMILES string of the molecule is Cc1ccnc(-c2ccc(NC(=O)[C@@]34CCCC[C@H]3CNC4)cc2)n1. The number of hydrogen-bond acceptors (Lipinski definition) is 4. The van der Waals surface area contributed by atoms with Crippen molar-refractivity contribution in [3.05, 3.63) is 42.2 Å². The summed E-state index contributed by atoms with van der Waals surface area (Å²) in [6.45, 7) is 3.73. The first-order valence-corrected chi connectivity index (χ1v) is 9.10. The van der Waals surface area contributed by atoms with E-state index < -0.39 is 0 Å². The molecule has 1 amide bonds. The Hall–Kier alpha value is -2.27. The Bertz CT molecular complexity index is 774. The van der Waals surface area contributed by atoms with Gasteiger partial charge in [0.1, 0.15) is 0 Å². The van der Waals surface area contributed by atoms with Gasteiger partial charge in [-0.3, -0.25) is 4.79 Å². The summed E-state index contributed by atoms with van der Waals surface area (Å²) in [5.41, 5.74) is 2.51. The highest BCUT2D eigenvalue weighted by molar-refractivity contribution is 5.96. The van der Waals surface area contributed by atoms with Gasteiger partial charge in [-0.25, -0.2) is 9.97 Å². The second-order valence-electron chi connectivity index (χ2n) is 7.28. The van der Waals surface area contributed by atoms with E-state index in [0.29, 0.717) is 11.7 Å². The molecule has 2 aliphatic rings. The molecule has 0 unspecified atom stereocenters. The predicted molar refractivity (Wildman–Crippen MR) is 98.1 cm³/mol. The fourth-order valence-corrected chi connectivity index (χ4v) is 4.24. The summed E-state index contributed by atoms with van der Waals surface area (Å²) >= 11 is 0. The molecule has 130 valence electrons. The number of carbonyl (C=O) groups excluding carboxylic acids is 1. The number of nitrogens with zero attached hydrogens (tertiary/aromatic N) is 2. The molecule has 2 N–H and O–H groups in total. The molecule has 0 spiro atoms. The van der Waals surface area contributed by atoms with E-state index in [-0.39, 0.29) is 11.3 Å². The largest absolute Gasteiger partial charge is 0.326 e. The third-order valence-electron chi connectivity index (χ3n) is 5.69. The number of carbonyl (C=O) groups is 1. The molecule has 0 bridgehead atoms. The zero-order valence-corrected chi connectivity index (χ0v) is 14.6. The van der Waals surface area contributed by atoms with E-state index in [1.54, 1.807) is 6.20 Å². The normalized spacial score (nSPS) is 25.4.